The van der Waals surface area contributed by atoms with E-state index >= 15 is 0 Å². The molecule has 0 aliphatic carbocycles. The summed E-state index contributed by atoms with van der Waals surface area (Å²) in [6.07, 6.45) is 4.17. The van der Waals surface area contributed by atoms with Crippen LogP contribution in [0.15, 0.2) is 60.8 Å². The number of carbonyl (C=O) groups excluding carboxylic acids is 8. The first kappa shape index (κ1) is 57.0. The number of rotatable bonds is 25. The number of likely N-dealkylation sites (tertiary alicyclic amines) is 2. The lowest BCUT2D eigenvalue weighted by Crippen LogP contribution is -2.61. The number of aliphatic hydroxyl groups is 2. The van der Waals surface area contributed by atoms with Gasteiger partial charge in [-0.25, -0.2) is 4.79 Å². The Morgan fingerprint density at radius 3 is 1.74 bits per heavy atom. The molecule has 0 unspecified atom stereocenters. The number of nitrogens with zero attached hydrogens (tertiary/aromatic N) is 2. The molecule has 0 bridgehead atoms. The zero-order valence-corrected chi connectivity index (χ0v) is 42.1. The molecule has 2 saturated heterocycles. The Morgan fingerprint density at radius 2 is 1.15 bits per heavy atom. The van der Waals surface area contributed by atoms with E-state index in [0.29, 0.717) is 55.2 Å². The summed E-state index contributed by atoms with van der Waals surface area (Å²) >= 11 is 0. The van der Waals surface area contributed by atoms with Crippen LogP contribution >= 0.6 is 0 Å². The average molecular weight is 1020 g/mol. The first-order chi connectivity index (χ1) is 34.8. The van der Waals surface area contributed by atoms with Gasteiger partial charge in [-0.05, 0) is 61.6 Å². The number of carbonyl (C=O) groups is 9. The molecule has 8 amide bonds. The molecule has 2 aliphatic rings. The number of nitrogens with one attached hydrogen (secondary N) is 7. The number of benzene rings is 2. The second kappa shape index (κ2) is 26.7. The van der Waals surface area contributed by atoms with Crippen LogP contribution in [0.25, 0.3) is 10.9 Å². The van der Waals surface area contributed by atoms with Crippen LogP contribution < -0.4 is 37.6 Å². The number of aliphatic carboxylic acids is 1. The molecule has 3 heterocycles. The maximum absolute atomic E-state index is 14.3. The maximum atomic E-state index is 14.3. The van der Waals surface area contributed by atoms with Crippen LogP contribution in [0, 0.1) is 11.8 Å². The largest absolute Gasteiger partial charge is 0.480 e. The zero-order valence-electron chi connectivity index (χ0n) is 42.1. The number of carboxylic acids is 1. The zero-order chi connectivity index (χ0) is 53.5. The van der Waals surface area contributed by atoms with Crippen molar-refractivity contribution in [3.63, 3.8) is 0 Å². The van der Waals surface area contributed by atoms with Crippen molar-refractivity contribution >= 4 is 64.1 Å². The summed E-state index contributed by atoms with van der Waals surface area (Å²) in [7, 11) is 0. The number of hydrogen-bond acceptors (Lipinski definition) is 12. The highest BCUT2D eigenvalue weighted by Crippen LogP contribution is 2.25. The normalized spacial score (nSPS) is 19.2. The highest BCUT2D eigenvalue weighted by atomic mass is 16.4. The summed E-state index contributed by atoms with van der Waals surface area (Å²) in [6.45, 7) is 7.30. The van der Waals surface area contributed by atoms with E-state index in [0.717, 1.165) is 5.52 Å². The highest BCUT2D eigenvalue weighted by molar-refractivity contribution is 5.99. The molecule has 2 fully saturated rings. The number of aromatic nitrogens is 1. The molecule has 22 heteroatoms. The van der Waals surface area contributed by atoms with E-state index in [9.17, 15) is 58.5 Å². The van der Waals surface area contributed by atoms with Crippen LogP contribution in [0.1, 0.15) is 84.3 Å². The van der Waals surface area contributed by atoms with Crippen LogP contribution in [0.2, 0.25) is 0 Å². The molecular formula is C51H72N10O12. The van der Waals surface area contributed by atoms with Gasteiger partial charge in [0.1, 0.15) is 48.3 Å². The van der Waals surface area contributed by atoms with Gasteiger partial charge in [-0.2, -0.15) is 0 Å². The van der Waals surface area contributed by atoms with Gasteiger partial charge in [-0.15, -0.1) is 0 Å². The molecular weight excluding hydrogens is 945 g/mol. The van der Waals surface area contributed by atoms with Gasteiger partial charge in [0.15, 0.2) is 0 Å². The Bertz CT molecular complexity index is 2440. The topological polar surface area (TPSA) is 335 Å². The van der Waals surface area contributed by atoms with Crippen molar-refractivity contribution in [1.29, 1.82) is 0 Å². The smallest absolute Gasteiger partial charge is 0.326 e. The van der Waals surface area contributed by atoms with Crippen molar-refractivity contribution in [2.45, 2.75) is 140 Å². The SMILES string of the molecule is CC[C@H](C)[C@H](N)C(=O)N1CCC[C@H]1C(=O)N[C@H](C(=O)N1CCC[C@H]1C(=O)N[C@@H](CO)C(=O)N[C@@H](CO)C(=O)N[C@@H](Cc1c[nH]c2ccccc12)C(=O)N[C@@H](C)C(=O)N[C@@H](Cc1ccccc1)C(=O)O)[C@@H](C)CC. The van der Waals surface area contributed by atoms with E-state index in [-0.39, 0.29) is 43.6 Å². The molecule has 12 N–H and O–H groups in total. The van der Waals surface area contributed by atoms with E-state index in [1.54, 1.807) is 67.7 Å². The highest BCUT2D eigenvalue weighted by Gasteiger charge is 2.43. The number of aliphatic hydroxyl groups excluding tert-OH is 2. The number of para-hydroxylation sites is 1. The molecule has 3 aromatic rings. The quantitative estimate of drug-likeness (QED) is 0.0504. The third-order valence-electron chi connectivity index (χ3n) is 14.0. The molecule has 73 heavy (non-hydrogen) atoms. The monoisotopic (exact) mass is 1020 g/mol. The lowest BCUT2D eigenvalue weighted by atomic mass is 9.96. The van der Waals surface area contributed by atoms with Crippen molar-refractivity contribution in [3.05, 3.63) is 71.9 Å². The molecule has 398 valence electrons. The lowest BCUT2D eigenvalue weighted by Gasteiger charge is -2.34. The predicted octanol–water partition coefficient (Wildman–Crippen LogP) is -0.648. The second-order valence-electron chi connectivity index (χ2n) is 19.1. The molecule has 22 nitrogen and oxygen atoms in total. The van der Waals surface area contributed by atoms with Gasteiger partial charge in [0.25, 0.3) is 0 Å². The number of hydrogen-bond donors (Lipinski definition) is 11. The number of nitrogens with two attached hydrogens (primary N) is 1. The van der Waals surface area contributed by atoms with Crippen LogP contribution in [0.4, 0.5) is 0 Å². The van der Waals surface area contributed by atoms with Crippen molar-refractivity contribution in [2.24, 2.45) is 17.6 Å². The van der Waals surface area contributed by atoms with Crippen LogP contribution in [0.5, 0.6) is 0 Å². The Balaban J connectivity index is 1.24. The molecule has 0 spiro atoms. The van der Waals surface area contributed by atoms with Crippen LogP contribution in [0.3, 0.4) is 0 Å². The average Bonchev–Trinajstić information content (AvgIpc) is 4.18. The third kappa shape index (κ3) is 14.6. The fourth-order valence-electron chi connectivity index (χ4n) is 9.06. The summed E-state index contributed by atoms with van der Waals surface area (Å²) in [5.41, 5.74) is 8.21. The van der Waals surface area contributed by atoms with Gasteiger partial charge in [0, 0.05) is 43.0 Å². The standard InChI is InChI=1S/C51H72N10O12/c1-6-28(3)41(52)49(70)60-21-13-20-40(60)48(69)59-42(29(4)7-2)50(71)61-22-14-19-39(61)47(68)58-38(27-63)46(67)57-37(26-62)45(66)55-35(24-32-25-53-34-18-12-11-17-33(32)34)44(65)54-30(5)43(64)56-36(51(72)73)23-31-15-9-8-10-16-31/h8-12,15-18,25,28-30,35-42,53,62-63H,6-7,13-14,19-24,26-27,52H2,1-5H3,(H,54,65)(H,55,66)(H,56,64)(H,57,67)(H,58,68)(H,59,69)(H,72,73)/t28-,29-,30-,35-,36-,37-,38-,39-,40-,41-,42-/m0/s1. The van der Waals surface area contributed by atoms with Crippen molar-refractivity contribution in [3.8, 4) is 0 Å². The summed E-state index contributed by atoms with van der Waals surface area (Å²) in [5, 5.41) is 46.4. The molecule has 1 aromatic heterocycles. The van der Waals surface area contributed by atoms with E-state index in [1.165, 1.54) is 16.7 Å². The molecule has 2 aromatic carbocycles. The molecule has 2 aliphatic heterocycles. The lowest BCUT2D eigenvalue weighted by molar-refractivity contribution is -0.145. The van der Waals surface area contributed by atoms with E-state index in [2.05, 4.69) is 36.9 Å². The Hall–Kier alpha value is -6.91. The summed E-state index contributed by atoms with van der Waals surface area (Å²) in [4.78, 5) is 128. The van der Waals surface area contributed by atoms with Gasteiger partial charge in [-0.3, -0.25) is 38.4 Å². The maximum Gasteiger partial charge on any atom is 0.326 e. The summed E-state index contributed by atoms with van der Waals surface area (Å²) in [6, 6.07) is 4.54. The van der Waals surface area contributed by atoms with E-state index in [1.807, 2.05) is 20.8 Å². The molecule has 0 saturated carbocycles. The van der Waals surface area contributed by atoms with Gasteiger partial charge in [0.2, 0.25) is 47.3 Å². The Morgan fingerprint density at radius 1 is 0.630 bits per heavy atom. The van der Waals surface area contributed by atoms with Crippen molar-refractivity contribution < 1.29 is 58.5 Å². The second-order valence-corrected chi connectivity index (χ2v) is 19.1. The first-order valence-corrected chi connectivity index (χ1v) is 25.1. The van der Waals surface area contributed by atoms with Crippen LogP contribution in [-0.4, -0.2) is 164 Å². The van der Waals surface area contributed by atoms with E-state index < -0.39 is 115 Å². The predicted molar refractivity (Wildman–Crippen MR) is 268 cm³/mol. The Kier molecular flexibility index (Phi) is 20.8. The number of fused-ring (bicyclic) bond motifs is 1. The Labute approximate surface area is 424 Å². The van der Waals surface area contributed by atoms with Gasteiger partial charge < -0.3 is 67.7 Å². The number of H-pyrrole nitrogens is 1. The third-order valence-corrected chi connectivity index (χ3v) is 14.0. The fraction of sp³-hybridized carbons (Fsp3) is 0.549. The molecule has 5 rings (SSSR count). The number of carboxylic acid groups (broad SMARTS) is 1. The number of aromatic amines is 1. The molecule has 11 atom stereocenters. The summed E-state index contributed by atoms with van der Waals surface area (Å²) in [5.74, 6) is -7.77. The minimum Gasteiger partial charge on any atom is -0.480 e. The van der Waals surface area contributed by atoms with Crippen molar-refractivity contribution in [2.75, 3.05) is 26.3 Å². The fourth-order valence-corrected chi connectivity index (χ4v) is 9.06. The number of amides is 8. The minimum absolute atomic E-state index is 0.0317. The van der Waals surface area contributed by atoms with Gasteiger partial charge >= 0.3 is 5.97 Å². The summed E-state index contributed by atoms with van der Waals surface area (Å²) < 4.78 is 0. The molecule has 0 radical (unpaired) electrons. The van der Waals surface area contributed by atoms with Gasteiger partial charge in [0.05, 0.1) is 19.3 Å². The minimum atomic E-state index is -1.73. The van der Waals surface area contributed by atoms with E-state index in [4.69, 9.17) is 5.73 Å². The van der Waals surface area contributed by atoms with Crippen molar-refractivity contribution in [1.82, 2.24) is 46.7 Å². The first-order valence-electron chi connectivity index (χ1n) is 25.1. The van der Waals surface area contributed by atoms with Gasteiger partial charge in [-0.1, -0.05) is 89.1 Å². The van der Waals surface area contributed by atoms with Crippen LogP contribution in [-0.2, 0) is 56.0 Å².